The second-order valence-corrected chi connectivity index (χ2v) is 18.5. The number of aliphatic hydroxyl groups excluding tert-OH is 7. The molecule has 0 aromatic rings. The zero-order valence-electron chi connectivity index (χ0n) is 41.7. The second-order valence-electron chi connectivity index (χ2n) is 18.5. The van der Waals surface area contributed by atoms with E-state index >= 15 is 0 Å². The molecule has 1 heterocycles. The Morgan fingerprint density at radius 1 is 0.545 bits per heavy atom. The van der Waals surface area contributed by atoms with Gasteiger partial charge < -0.3 is 50.5 Å². The van der Waals surface area contributed by atoms with Gasteiger partial charge in [-0.2, -0.15) is 0 Å². The van der Waals surface area contributed by atoms with Crippen LogP contribution in [0.5, 0.6) is 0 Å². The smallest absolute Gasteiger partial charge is 0.249 e. The fourth-order valence-electron chi connectivity index (χ4n) is 8.16. The van der Waals surface area contributed by atoms with Gasteiger partial charge in [0.2, 0.25) is 5.91 Å². The number of unbranched alkanes of at least 4 members (excludes halogenated alkanes) is 22. The third kappa shape index (κ3) is 32.5. The first kappa shape index (κ1) is 61.8. The molecule has 8 N–H and O–H groups in total. The van der Waals surface area contributed by atoms with Crippen LogP contribution in [-0.4, -0.2) is 110 Å². The minimum absolute atomic E-state index is 0.237. The molecule has 1 aliphatic rings. The van der Waals surface area contributed by atoms with Crippen LogP contribution in [0.3, 0.4) is 0 Å². The summed E-state index contributed by atoms with van der Waals surface area (Å²) in [4.78, 5) is 13.1. The van der Waals surface area contributed by atoms with Crippen molar-refractivity contribution < 1.29 is 50.0 Å². The van der Waals surface area contributed by atoms with E-state index in [1.165, 1.54) is 103 Å². The van der Waals surface area contributed by atoms with E-state index in [0.717, 1.165) is 64.2 Å². The maximum atomic E-state index is 13.1. The van der Waals surface area contributed by atoms with Crippen LogP contribution in [0.25, 0.3) is 0 Å². The largest absolute Gasteiger partial charge is 0.394 e. The highest BCUT2D eigenvalue weighted by atomic mass is 16.7. The van der Waals surface area contributed by atoms with Crippen molar-refractivity contribution in [3.63, 3.8) is 0 Å². The highest BCUT2D eigenvalue weighted by molar-refractivity contribution is 5.80. The van der Waals surface area contributed by atoms with Gasteiger partial charge in [-0.15, -0.1) is 0 Å². The van der Waals surface area contributed by atoms with E-state index < -0.39 is 74.2 Å². The summed E-state index contributed by atoms with van der Waals surface area (Å²) in [5.41, 5.74) is 0. The molecule has 1 rings (SSSR count). The van der Waals surface area contributed by atoms with Gasteiger partial charge in [0.05, 0.1) is 25.4 Å². The van der Waals surface area contributed by atoms with Crippen molar-refractivity contribution in [3.8, 4) is 0 Å². The van der Waals surface area contributed by atoms with Crippen molar-refractivity contribution in [2.45, 2.75) is 268 Å². The molecular formula is C55H99NO10. The van der Waals surface area contributed by atoms with Gasteiger partial charge >= 0.3 is 0 Å². The monoisotopic (exact) mass is 934 g/mol. The molecule has 0 aliphatic carbocycles. The Kier molecular flexibility index (Phi) is 41.3. The molecule has 0 bridgehead atoms. The Labute approximate surface area is 401 Å². The third-order valence-electron chi connectivity index (χ3n) is 12.5. The molecule has 66 heavy (non-hydrogen) atoms. The molecule has 0 saturated carbocycles. The highest BCUT2D eigenvalue weighted by Gasteiger charge is 2.44. The standard InChI is InChI=1S/C55H99NO10/c1-3-5-7-9-11-13-15-17-18-19-20-21-22-23-24-25-26-27-28-29-31-33-35-37-39-41-43-48(59)54(64)56-46(45-65-55-53(63)52(62)51(61)49(44-57)66-55)50(60)47(58)42-40-38-36-34-32-30-16-14-12-10-8-6-4-2/h6,8,14,16,20-21,23-24,34,36,46-53,55,57-63H,3-5,7,9-13,15,17-19,22,25-33,35,37-45H2,1-2H3,(H,56,64)/b8-6+,16-14+,21-20-,24-23-,36-34+. The van der Waals surface area contributed by atoms with E-state index in [9.17, 15) is 40.5 Å². The number of aliphatic hydroxyl groups is 7. The molecule has 11 nitrogen and oxygen atoms in total. The quantitative estimate of drug-likeness (QED) is 0.0216. The number of hydrogen-bond donors (Lipinski definition) is 8. The summed E-state index contributed by atoms with van der Waals surface area (Å²) in [6, 6.07) is -1.20. The van der Waals surface area contributed by atoms with Crippen molar-refractivity contribution >= 4 is 5.91 Å². The molecule has 9 atom stereocenters. The minimum atomic E-state index is -1.67. The molecule has 9 unspecified atom stereocenters. The number of carbonyl (C=O) groups excluding carboxylic acids is 1. The predicted octanol–water partition coefficient (Wildman–Crippen LogP) is 10.3. The number of amides is 1. The Morgan fingerprint density at radius 2 is 1.00 bits per heavy atom. The van der Waals surface area contributed by atoms with E-state index in [-0.39, 0.29) is 12.8 Å². The van der Waals surface area contributed by atoms with Crippen molar-refractivity contribution in [1.29, 1.82) is 0 Å². The fraction of sp³-hybridized carbons (Fsp3) is 0.800. The average Bonchev–Trinajstić information content (AvgIpc) is 3.32. The van der Waals surface area contributed by atoms with Crippen LogP contribution < -0.4 is 5.32 Å². The molecule has 1 saturated heterocycles. The molecule has 0 spiro atoms. The van der Waals surface area contributed by atoms with E-state index in [1.807, 2.05) is 0 Å². The number of rotatable bonds is 44. The van der Waals surface area contributed by atoms with Crippen molar-refractivity contribution in [1.82, 2.24) is 5.32 Å². The molecular weight excluding hydrogens is 835 g/mol. The maximum absolute atomic E-state index is 13.1. The lowest BCUT2D eigenvalue weighted by Crippen LogP contribution is -2.60. The van der Waals surface area contributed by atoms with Gasteiger partial charge in [-0.1, -0.05) is 184 Å². The van der Waals surface area contributed by atoms with Crippen LogP contribution in [0.15, 0.2) is 60.8 Å². The zero-order valence-corrected chi connectivity index (χ0v) is 41.7. The van der Waals surface area contributed by atoms with Crippen LogP contribution in [0, 0.1) is 0 Å². The minimum Gasteiger partial charge on any atom is -0.394 e. The van der Waals surface area contributed by atoms with Crippen molar-refractivity contribution in [2.24, 2.45) is 0 Å². The lowest BCUT2D eigenvalue weighted by atomic mass is 9.98. The Bertz CT molecular complexity index is 1250. The Balaban J connectivity index is 2.33. The average molecular weight is 934 g/mol. The Hall–Kier alpha value is -2.19. The molecule has 384 valence electrons. The lowest BCUT2D eigenvalue weighted by Gasteiger charge is -2.40. The molecule has 0 aromatic carbocycles. The van der Waals surface area contributed by atoms with Gasteiger partial charge in [0.1, 0.15) is 36.6 Å². The number of hydrogen-bond acceptors (Lipinski definition) is 10. The number of nitrogens with one attached hydrogen (secondary N) is 1. The summed E-state index contributed by atoms with van der Waals surface area (Å²) in [6.07, 6.45) is 44.3. The van der Waals surface area contributed by atoms with E-state index in [4.69, 9.17) is 9.47 Å². The maximum Gasteiger partial charge on any atom is 0.249 e. The molecule has 0 aromatic heterocycles. The predicted molar refractivity (Wildman–Crippen MR) is 270 cm³/mol. The van der Waals surface area contributed by atoms with E-state index in [1.54, 1.807) is 0 Å². The lowest BCUT2D eigenvalue weighted by molar-refractivity contribution is -0.303. The fourth-order valence-corrected chi connectivity index (χ4v) is 8.16. The molecule has 1 fully saturated rings. The Morgan fingerprint density at radius 3 is 1.52 bits per heavy atom. The molecule has 1 aliphatic heterocycles. The summed E-state index contributed by atoms with van der Waals surface area (Å²) >= 11 is 0. The van der Waals surface area contributed by atoms with Crippen molar-refractivity contribution in [2.75, 3.05) is 13.2 Å². The van der Waals surface area contributed by atoms with Crippen LogP contribution in [0.2, 0.25) is 0 Å². The van der Waals surface area contributed by atoms with E-state index in [0.29, 0.717) is 19.3 Å². The van der Waals surface area contributed by atoms with Crippen LogP contribution >= 0.6 is 0 Å². The molecule has 11 heteroatoms. The molecule has 0 radical (unpaired) electrons. The summed E-state index contributed by atoms with van der Waals surface area (Å²) < 4.78 is 11.1. The van der Waals surface area contributed by atoms with Crippen molar-refractivity contribution in [3.05, 3.63) is 60.8 Å². The van der Waals surface area contributed by atoms with Gasteiger partial charge in [0.15, 0.2) is 6.29 Å². The summed E-state index contributed by atoms with van der Waals surface area (Å²) in [7, 11) is 0. The van der Waals surface area contributed by atoms with Gasteiger partial charge in [-0.05, 0) is 89.9 Å². The number of carbonyl (C=O) groups is 1. The first-order valence-electron chi connectivity index (χ1n) is 26.7. The van der Waals surface area contributed by atoms with Crippen LogP contribution in [0.1, 0.15) is 213 Å². The zero-order chi connectivity index (χ0) is 48.3. The first-order chi connectivity index (χ1) is 32.2. The topological polar surface area (TPSA) is 189 Å². The first-order valence-corrected chi connectivity index (χ1v) is 26.7. The highest BCUT2D eigenvalue weighted by Crippen LogP contribution is 2.23. The van der Waals surface area contributed by atoms with E-state index in [2.05, 4.69) is 79.9 Å². The SMILES string of the molecule is CC/C=C/CC/C=C/CC/C=C/CCCC(O)C(O)C(COC1OC(CO)C(O)C(O)C1O)NC(=O)C(O)CCCCCCCCCCCC/C=C\C/C=C\CCCCCCCCCCC. The number of ether oxygens (including phenoxy) is 2. The van der Waals surface area contributed by atoms with Crippen LogP contribution in [-0.2, 0) is 14.3 Å². The van der Waals surface area contributed by atoms with Gasteiger partial charge in [-0.25, -0.2) is 0 Å². The number of allylic oxidation sites excluding steroid dienone is 10. The second kappa shape index (κ2) is 44.0. The summed E-state index contributed by atoms with van der Waals surface area (Å²) in [5, 5.41) is 75.8. The van der Waals surface area contributed by atoms with Gasteiger partial charge in [-0.3, -0.25) is 4.79 Å². The summed E-state index contributed by atoms with van der Waals surface area (Å²) in [5.74, 6) is -0.718. The van der Waals surface area contributed by atoms with Gasteiger partial charge in [0.25, 0.3) is 0 Å². The third-order valence-corrected chi connectivity index (χ3v) is 12.5. The molecule has 1 amide bonds. The van der Waals surface area contributed by atoms with Crippen LogP contribution in [0.4, 0.5) is 0 Å². The van der Waals surface area contributed by atoms with Gasteiger partial charge in [0, 0.05) is 0 Å². The summed E-state index contributed by atoms with van der Waals surface area (Å²) in [6.45, 7) is 3.31. The normalized spacial score (nSPS) is 21.3.